The zero-order valence-corrected chi connectivity index (χ0v) is 39.3. The molecule has 0 saturated carbocycles. The molecule has 0 heterocycles. The number of carbonyl (C=O) groups is 1. The van der Waals surface area contributed by atoms with Gasteiger partial charge in [0.25, 0.3) is 0 Å². The minimum Gasteiger partial charge on any atom is -0.502 e. The maximum atomic E-state index is 10.8. The molecule has 0 aromatic carbocycles. The zero-order valence-electron chi connectivity index (χ0n) is 36.8. The van der Waals surface area contributed by atoms with E-state index in [1.807, 2.05) is 66.9 Å². The predicted octanol–water partition coefficient (Wildman–Crippen LogP) is 19.4. The van der Waals surface area contributed by atoms with Crippen molar-refractivity contribution in [1.82, 2.24) is 0 Å². The van der Waals surface area contributed by atoms with Crippen molar-refractivity contribution in [3.8, 4) is 0 Å². The topological polar surface area (TPSA) is 77.5 Å². The van der Waals surface area contributed by atoms with E-state index >= 15 is 0 Å². The number of sulfone groups is 1. The molecule has 0 aromatic heterocycles. The van der Waals surface area contributed by atoms with Crippen molar-refractivity contribution in [3.63, 3.8) is 0 Å². The van der Waals surface area contributed by atoms with Gasteiger partial charge in [-0.05, 0) is 78.9 Å². The van der Waals surface area contributed by atoms with Gasteiger partial charge in [-0.2, -0.15) is 0 Å². The monoisotopic (exact) mass is 925 g/mol. The van der Waals surface area contributed by atoms with Gasteiger partial charge in [-0.3, -0.25) is 9.00 Å². The molecule has 0 N–H and O–H groups in total. The molecule has 0 spiro atoms. The summed E-state index contributed by atoms with van der Waals surface area (Å²) in [5.41, 5.74) is 2.54. The number of Topliss-reactive ketones (excluding diaryl/α,β-unsaturated/α-hetero) is 1. The molecule has 0 aliphatic rings. The number of rotatable bonds is 16. The van der Waals surface area contributed by atoms with Gasteiger partial charge in [-0.1, -0.05) is 212 Å². The summed E-state index contributed by atoms with van der Waals surface area (Å²) in [6, 6.07) is 0. The molecule has 0 fully saturated rings. The van der Waals surface area contributed by atoms with Gasteiger partial charge in [0.1, 0.15) is 15.6 Å². The van der Waals surface area contributed by atoms with E-state index in [-0.39, 0.29) is 78.3 Å². The third-order valence-corrected chi connectivity index (χ3v) is 11.3. The van der Waals surface area contributed by atoms with Crippen LogP contribution in [0.15, 0.2) is 72.4 Å². The number of hydrogen-bond acceptors (Lipinski definition) is 6. The van der Waals surface area contributed by atoms with Gasteiger partial charge in [0.15, 0.2) is 0 Å². The lowest BCUT2D eigenvalue weighted by atomic mass is 10.2. The molecule has 0 amide bonds. The third-order valence-electron chi connectivity index (χ3n) is 6.55. The normalized spacial score (nSPS) is 8.20. The molecule has 0 aliphatic heterocycles. The molecule has 0 atom stereocenters. The van der Waals surface area contributed by atoms with Crippen molar-refractivity contribution >= 4 is 42.8 Å². The Hall–Kier alpha value is -1.77. The maximum absolute atomic E-state index is 10.8. The highest BCUT2D eigenvalue weighted by molar-refractivity contribution is 8.02. The van der Waals surface area contributed by atoms with E-state index in [1.54, 1.807) is 32.7 Å². The summed E-state index contributed by atoms with van der Waals surface area (Å²) in [5, 5.41) is 0. The summed E-state index contributed by atoms with van der Waals surface area (Å²) in [6.45, 7) is 42.6. The summed E-state index contributed by atoms with van der Waals surface area (Å²) >= 11 is 1.73. The largest absolute Gasteiger partial charge is 0.502 e. The van der Waals surface area contributed by atoms with Crippen LogP contribution in [0.4, 0.5) is 0 Å². The van der Waals surface area contributed by atoms with Crippen molar-refractivity contribution in [3.05, 3.63) is 72.4 Å². The number of ketones is 1. The van der Waals surface area contributed by atoms with Crippen LogP contribution in [0.3, 0.4) is 0 Å². The van der Waals surface area contributed by atoms with Gasteiger partial charge in [0, 0.05) is 42.3 Å². The van der Waals surface area contributed by atoms with Crippen LogP contribution in [0, 0.1) is 0 Å². The Balaban J connectivity index is -0.0000000230. The van der Waals surface area contributed by atoms with Crippen LogP contribution in [0.1, 0.15) is 222 Å². The third kappa shape index (κ3) is 146. The number of methoxy groups -OCH3 is 1. The fourth-order valence-electron chi connectivity index (χ4n) is 1.99. The predicted molar refractivity (Wildman–Crippen MR) is 306 cm³/mol. The first kappa shape index (κ1) is 112. The first-order valence-electron chi connectivity index (χ1n) is 18.8. The van der Waals surface area contributed by atoms with Crippen molar-refractivity contribution in [1.29, 1.82) is 0 Å². The molecule has 0 radical (unpaired) electrons. The Labute approximate surface area is 393 Å². The van der Waals surface area contributed by atoms with E-state index in [9.17, 15) is 17.4 Å². The molecule has 0 aliphatic carbocycles. The summed E-state index contributed by atoms with van der Waals surface area (Å²) in [5.74, 6) is 6.71. The highest BCUT2D eigenvalue weighted by Crippen LogP contribution is 2.10. The Morgan fingerprint density at radius 3 is 1.00 bits per heavy atom. The van der Waals surface area contributed by atoms with Crippen molar-refractivity contribution in [2.75, 3.05) is 36.4 Å². The first-order chi connectivity index (χ1) is 23.7. The van der Waals surface area contributed by atoms with Gasteiger partial charge >= 0.3 is 0 Å². The summed E-state index contributed by atoms with van der Waals surface area (Å²) in [7, 11) is -2.68. The second-order valence-corrected chi connectivity index (χ2v) is 17.4. The average molecular weight is 926 g/mol. The standard InChI is InChI=1S/C7H12.C6H12O.C6H12.C5H12OS.C5H10O.C5H10S.C5H10.C4H10O2S.9CH4/c1-4-6-7(3)5-2;1-3-5-6(7)4-2;1-4-6(3)5-2;1-4-7(3,6)5-2;2*1-4-5(2)6-3;1-3-5-4-2;1-3-7(5,6)4-2;;;;;;;;;/h4,6H,3,5H2,1-2H3;3-5H2,1-2H3;3-5H2,1-2H3;3-5H2,1-2H3;2*2,4H2,1,3H3;3,5H,4H2,1-2H3;3-4H2,1-2H3;9*1H4/b6-4-;;;;;;5-3-;;;;;;;;;;. The zero-order chi connectivity index (χ0) is 42.3. The molecular weight excluding hydrogens is 801 g/mol. The van der Waals surface area contributed by atoms with E-state index in [0.29, 0.717) is 23.7 Å². The van der Waals surface area contributed by atoms with E-state index in [1.165, 1.54) is 16.1 Å². The quantitative estimate of drug-likeness (QED) is 0.0664. The maximum Gasteiger partial charge on any atom is 0.149 e. The fraction of sp³-hybridized carbons (Fsp3) is 0.731. The molecule has 0 rings (SSSR count). The Kier molecular flexibility index (Phi) is 173. The number of hydrogen-bond donors (Lipinski definition) is 0. The summed E-state index contributed by atoms with van der Waals surface area (Å²) in [6.07, 6.45) is 19.2. The molecule has 0 saturated heterocycles. The Morgan fingerprint density at radius 2 is 0.967 bits per heavy atom. The van der Waals surface area contributed by atoms with Crippen LogP contribution in [0.25, 0.3) is 0 Å². The highest BCUT2D eigenvalue weighted by Gasteiger charge is 1.99. The molecule has 0 aromatic rings. The lowest BCUT2D eigenvalue weighted by molar-refractivity contribution is -0.118. The number of allylic oxidation sites excluding steroid dienone is 8. The van der Waals surface area contributed by atoms with Crippen LogP contribution in [-0.2, 0) is 28.9 Å². The van der Waals surface area contributed by atoms with Gasteiger partial charge in [0.05, 0.1) is 12.9 Å². The molecule has 60 heavy (non-hydrogen) atoms. The smallest absolute Gasteiger partial charge is 0.149 e. The number of ether oxygens (including phenoxy) is 1. The van der Waals surface area contributed by atoms with Crippen LogP contribution in [-0.4, -0.2) is 60.7 Å². The van der Waals surface area contributed by atoms with E-state index in [4.69, 9.17) is 4.74 Å². The van der Waals surface area contributed by atoms with Crippen molar-refractivity contribution < 1.29 is 22.2 Å². The SMILES string of the molecule is C.C.C.C.C.C.C.C.C.C/C=C\CC.C=C(/C=C\C)CC.C=C(CC)CC.C=C(CC)OC.C=C(CC)SC.C=S(=O)(CC)CC.CCCC(=O)CC.CCS(=O)(=O)CC. The summed E-state index contributed by atoms with van der Waals surface area (Å²) < 4.78 is 36.3. The minimum atomic E-state index is -2.66. The van der Waals surface area contributed by atoms with Crippen LogP contribution in [0.5, 0.6) is 0 Å². The number of carbonyl (C=O) groups excluding carboxylic acids is 1. The summed E-state index contributed by atoms with van der Waals surface area (Å²) in [4.78, 5) is 11.7. The molecule has 380 valence electrons. The van der Waals surface area contributed by atoms with Crippen molar-refractivity contribution in [2.45, 2.75) is 222 Å². The van der Waals surface area contributed by atoms with Crippen LogP contribution >= 0.6 is 11.8 Å². The van der Waals surface area contributed by atoms with Crippen LogP contribution < -0.4 is 0 Å². The van der Waals surface area contributed by atoms with E-state index < -0.39 is 19.4 Å². The molecular formula is C52H124O5S3. The molecule has 5 nitrogen and oxygen atoms in total. The molecule has 8 heteroatoms. The average Bonchev–Trinajstić information content (AvgIpc) is 3.15. The van der Waals surface area contributed by atoms with E-state index in [2.05, 4.69) is 79.0 Å². The Bertz CT molecular complexity index is 941. The lowest BCUT2D eigenvalue weighted by Gasteiger charge is -1.96. The van der Waals surface area contributed by atoms with Crippen molar-refractivity contribution in [2.24, 2.45) is 0 Å². The molecule has 0 unspecified atom stereocenters. The number of thioether (sulfide) groups is 1. The van der Waals surface area contributed by atoms with Gasteiger partial charge in [-0.25, -0.2) is 8.42 Å². The lowest BCUT2D eigenvalue weighted by Crippen LogP contribution is -2.04. The first-order valence-corrected chi connectivity index (χ1v) is 23.9. The Morgan fingerprint density at radius 1 is 0.583 bits per heavy atom. The van der Waals surface area contributed by atoms with E-state index in [0.717, 1.165) is 57.1 Å². The molecule has 0 bridgehead atoms. The van der Waals surface area contributed by atoms with Crippen LogP contribution in [0.2, 0.25) is 0 Å². The van der Waals surface area contributed by atoms with Gasteiger partial charge in [0.2, 0.25) is 0 Å². The van der Waals surface area contributed by atoms with Gasteiger partial charge < -0.3 is 4.74 Å². The van der Waals surface area contributed by atoms with Gasteiger partial charge in [-0.15, -0.1) is 11.8 Å². The second-order valence-electron chi connectivity index (χ2n) is 10.6. The highest BCUT2D eigenvalue weighted by atomic mass is 32.2. The second kappa shape index (κ2) is 92.5. The fourth-order valence-corrected chi connectivity index (χ4v) is 3.10. The minimum absolute atomic E-state index is 0.